The van der Waals surface area contributed by atoms with Gasteiger partial charge in [-0.1, -0.05) is 0 Å². The van der Waals surface area contributed by atoms with Crippen LogP contribution >= 0.6 is 0 Å². The Kier molecular flexibility index (Phi) is 1.42. The summed E-state index contributed by atoms with van der Waals surface area (Å²) in [5, 5.41) is 4.14. The number of hydrogen-bond acceptors (Lipinski definition) is 3. The van der Waals surface area contributed by atoms with E-state index in [-0.39, 0.29) is 5.56 Å². The van der Waals surface area contributed by atoms with Gasteiger partial charge < -0.3 is 10.7 Å². The number of rotatable bonds is 0. The van der Waals surface area contributed by atoms with Crippen molar-refractivity contribution in [2.24, 2.45) is 0 Å². The molecule has 0 aliphatic carbocycles. The fourth-order valence-electron chi connectivity index (χ4n) is 1.26. The molecule has 5 heteroatoms. The quantitative estimate of drug-likeness (QED) is 0.606. The van der Waals surface area contributed by atoms with Gasteiger partial charge in [0.15, 0.2) is 0 Å². The van der Waals surface area contributed by atoms with E-state index in [1.807, 2.05) is 6.92 Å². The van der Waals surface area contributed by atoms with Crippen molar-refractivity contribution >= 4 is 11.5 Å². The number of aryl methyl sites for hydroxylation is 1. The molecule has 5 nitrogen and oxygen atoms in total. The molecule has 0 saturated heterocycles. The second kappa shape index (κ2) is 2.35. The number of nitrogens with zero attached hydrogens (tertiary/aromatic N) is 2. The highest BCUT2D eigenvalue weighted by Gasteiger charge is 2.06. The molecule has 0 spiro atoms. The normalized spacial score (nSPS) is 10.9. The van der Waals surface area contributed by atoms with Gasteiger partial charge in [0.2, 0.25) is 0 Å². The molecule has 0 saturated carbocycles. The van der Waals surface area contributed by atoms with E-state index in [0.29, 0.717) is 17.0 Å². The van der Waals surface area contributed by atoms with Gasteiger partial charge in [-0.2, -0.15) is 5.10 Å². The van der Waals surface area contributed by atoms with Gasteiger partial charge in [0.1, 0.15) is 11.5 Å². The Morgan fingerprint density at radius 2 is 2.23 bits per heavy atom. The number of fused-ring (bicyclic) bond motifs is 1. The van der Waals surface area contributed by atoms with Crippen LogP contribution in [0.5, 0.6) is 0 Å². The minimum absolute atomic E-state index is 0.162. The summed E-state index contributed by atoms with van der Waals surface area (Å²) in [6, 6.07) is 1.78. The molecular weight excluding hydrogens is 168 g/mol. The largest absolute Gasteiger partial charge is 0.383 e. The highest BCUT2D eigenvalue weighted by molar-refractivity contribution is 5.49. The van der Waals surface area contributed by atoms with Crippen molar-refractivity contribution in [3.05, 3.63) is 27.7 Å². The maximum atomic E-state index is 11.3. The highest BCUT2D eigenvalue weighted by Crippen LogP contribution is 2.08. The molecule has 3 N–H and O–H groups in total. The second-order valence-electron chi connectivity index (χ2n) is 3.05. The van der Waals surface area contributed by atoms with Crippen molar-refractivity contribution in [2.45, 2.75) is 13.8 Å². The summed E-state index contributed by atoms with van der Waals surface area (Å²) in [5.74, 6) is 0.395. The third-order valence-electron chi connectivity index (χ3n) is 2.03. The van der Waals surface area contributed by atoms with Gasteiger partial charge in [-0.05, 0) is 13.8 Å². The maximum Gasteiger partial charge on any atom is 0.256 e. The Labute approximate surface area is 74.2 Å². The molecule has 0 amide bonds. The van der Waals surface area contributed by atoms with E-state index in [4.69, 9.17) is 5.73 Å². The monoisotopic (exact) mass is 178 g/mol. The number of anilines is 1. The lowest BCUT2D eigenvalue weighted by Gasteiger charge is -2.00. The average Bonchev–Trinajstić information content (AvgIpc) is 2.42. The number of hydrogen-bond donors (Lipinski definition) is 2. The molecule has 0 atom stereocenters. The average molecular weight is 178 g/mol. The molecule has 2 heterocycles. The number of aromatic nitrogens is 3. The van der Waals surface area contributed by atoms with Crippen LogP contribution in [-0.2, 0) is 0 Å². The maximum absolute atomic E-state index is 11.3. The van der Waals surface area contributed by atoms with E-state index in [0.717, 1.165) is 5.69 Å². The van der Waals surface area contributed by atoms with Gasteiger partial charge in [0, 0.05) is 6.07 Å². The summed E-state index contributed by atoms with van der Waals surface area (Å²) in [4.78, 5) is 14.0. The van der Waals surface area contributed by atoms with Crippen molar-refractivity contribution in [3.63, 3.8) is 0 Å². The SMILES string of the molecule is Cc1cc2[nH]c(=O)c(C)c(N)n2n1. The van der Waals surface area contributed by atoms with Crippen LogP contribution in [0, 0.1) is 13.8 Å². The molecule has 13 heavy (non-hydrogen) atoms. The molecular formula is C8H10N4O. The van der Waals surface area contributed by atoms with Gasteiger partial charge >= 0.3 is 0 Å². The zero-order valence-electron chi connectivity index (χ0n) is 7.46. The Hall–Kier alpha value is -1.78. The van der Waals surface area contributed by atoms with E-state index in [9.17, 15) is 4.79 Å². The van der Waals surface area contributed by atoms with E-state index < -0.39 is 0 Å². The van der Waals surface area contributed by atoms with Crippen LogP contribution in [0.15, 0.2) is 10.9 Å². The zero-order chi connectivity index (χ0) is 9.59. The van der Waals surface area contributed by atoms with Crippen molar-refractivity contribution in [2.75, 3.05) is 5.73 Å². The van der Waals surface area contributed by atoms with E-state index in [2.05, 4.69) is 10.1 Å². The fraction of sp³-hybridized carbons (Fsp3) is 0.250. The number of nitrogen functional groups attached to an aromatic ring is 1. The van der Waals surface area contributed by atoms with Crippen molar-refractivity contribution in [1.29, 1.82) is 0 Å². The first-order valence-corrected chi connectivity index (χ1v) is 3.94. The van der Waals surface area contributed by atoms with Crippen LogP contribution in [0.2, 0.25) is 0 Å². The molecule has 0 aromatic carbocycles. The summed E-state index contributed by atoms with van der Waals surface area (Å²) in [5.41, 5.74) is 7.50. The van der Waals surface area contributed by atoms with Crippen molar-refractivity contribution < 1.29 is 0 Å². The zero-order valence-corrected chi connectivity index (χ0v) is 7.46. The fourth-order valence-corrected chi connectivity index (χ4v) is 1.26. The molecule has 0 bridgehead atoms. The minimum atomic E-state index is -0.162. The molecule has 2 aromatic rings. The molecule has 0 aliphatic rings. The van der Waals surface area contributed by atoms with Crippen LogP contribution in [-0.4, -0.2) is 14.6 Å². The van der Waals surface area contributed by atoms with Crippen LogP contribution < -0.4 is 11.3 Å². The van der Waals surface area contributed by atoms with Crippen LogP contribution in [0.25, 0.3) is 5.65 Å². The first-order valence-electron chi connectivity index (χ1n) is 3.94. The highest BCUT2D eigenvalue weighted by atomic mass is 16.1. The van der Waals surface area contributed by atoms with E-state index >= 15 is 0 Å². The molecule has 68 valence electrons. The van der Waals surface area contributed by atoms with Crippen molar-refractivity contribution in [3.8, 4) is 0 Å². The smallest absolute Gasteiger partial charge is 0.256 e. The standard InChI is InChI=1S/C8H10N4O/c1-4-3-6-10-8(13)5(2)7(9)12(6)11-4/h3H,9H2,1-2H3,(H,10,13). The minimum Gasteiger partial charge on any atom is -0.383 e. The van der Waals surface area contributed by atoms with Gasteiger partial charge in [-0.25, -0.2) is 4.52 Å². The summed E-state index contributed by atoms with van der Waals surface area (Å²) in [6.07, 6.45) is 0. The van der Waals surface area contributed by atoms with Crippen LogP contribution in [0.3, 0.4) is 0 Å². The van der Waals surface area contributed by atoms with E-state index in [1.165, 1.54) is 4.52 Å². The summed E-state index contributed by atoms with van der Waals surface area (Å²) in [7, 11) is 0. The molecule has 0 fully saturated rings. The second-order valence-corrected chi connectivity index (χ2v) is 3.05. The molecule has 0 unspecified atom stereocenters. The van der Waals surface area contributed by atoms with Crippen LogP contribution in [0.1, 0.15) is 11.3 Å². The lowest BCUT2D eigenvalue weighted by atomic mass is 10.3. The summed E-state index contributed by atoms with van der Waals surface area (Å²) in [6.45, 7) is 3.52. The Morgan fingerprint density at radius 3 is 2.92 bits per heavy atom. The summed E-state index contributed by atoms with van der Waals surface area (Å²) >= 11 is 0. The van der Waals surface area contributed by atoms with Gasteiger partial charge in [0.05, 0.1) is 11.3 Å². The first-order chi connectivity index (χ1) is 6.09. The number of aromatic amines is 1. The number of nitrogens with one attached hydrogen (secondary N) is 1. The van der Waals surface area contributed by atoms with Crippen LogP contribution in [0.4, 0.5) is 5.82 Å². The molecule has 0 aliphatic heterocycles. The topological polar surface area (TPSA) is 76.2 Å². The van der Waals surface area contributed by atoms with Gasteiger partial charge in [0.25, 0.3) is 5.56 Å². The Morgan fingerprint density at radius 1 is 1.54 bits per heavy atom. The molecule has 0 radical (unpaired) electrons. The third kappa shape index (κ3) is 1.00. The van der Waals surface area contributed by atoms with Crippen molar-refractivity contribution in [1.82, 2.24) is 14.6 Å². The van der Waals surface area contributed by atoms with Gasteiger partial charge in [-0.3, -0.25) is 4.79 Å². The predicted octanol–water partition coefficient (Wildman–Crippen LogP) is 0.222. The molecule has 2 aromatic heterocycles. The molecule has 2 rings (SSSR count). The number of H-pyrrole nitrogens is 1. The van der Waals surface area contributed by atoms with E-state index in [1.54, 1.807) is 13.0 Å². The Bertz CT molecular complexity index is 523. The third-order valence-corrected chi connectivity index (χ3v) is 2.03. The van der Waals surface area contributed by atoms with Gasteiger partial charge in [-0.15, -0.1) is 0 Å². The lowest BCUT2D eigenvalue weighted by molar-refractivity contribution is 0.912. The Balaban J connectivity index is 3.01. The first kappa shape index (κ1) is 7.85. The lowest BCUT2D eigenvalue weighted by Crippen LogP contribution is -2.16. The number of nitrogens with two attached hydrogens (primary N) is 1. The summed E-state index contributed by atoms with van der Waals surface area (Å²) < 4.78 is 1.53. The predicted molar refractivity (Wildman–Crippen MR) is 49.7 cm³/mol.